The lowest BCUT2D eigenvalue weighted by Gasteiger charge is -2.41. The fourth-order valence-corrected chi connectivity index (χ4v) is 7.67. The van der Waals surface area contributed by atoms with Gasteiger partial charge in [0.15, 0.2) is 14.8 Å². The average Bonchev–Trinajstić information content (AvgIpc) is 3.01. The number of ether oxygens (including phenoxy) is 1. The molecule has 2 aliphatic heterocycles. The highest BCUT2D eigenvalue weighted by atomic mass is 35.5. The molecular weight excluding hydrogens is 459 g/mol. The van der Waals surface area contributed by atoms with Crippen molar-refractivity contribution in [1.82, 2.24) is 9.97 Å². The predicted molar refractivity (Wildman–Crippen MR) is 123 cm³/mol. The zero-order chi connectivity index (χ0) is 21.5. The maximum Gasteiger partial charge on any atom is 0.172 e. The first-order valence-electron chi connectivity index (χ1n) is 9.94. The molecule has 6 nitrogen and oxygen atoms in total. The van der Waals surface area contributed by atoms with Gasteiger partial charge in [-0.05, 0) is 38.8 Å². The quantitative estimate of drug-likeness (QED) is 0.635. The van der Waals surface area contributed by atoms with Gasteiger partial charge >= 0.3 is 0 Å². The van der Waals surface area contributed by atoms with Crippen molar-refractivity contribution in [1.29, 1.82) is 0 Å². The molecular formula is C20H25Cl2N4O2SSi. The normalized spacial score (nSPS) is 21.5. The summed E-state index contributed by atoms with van der Waals surface area (Å²) in [6.45, 7) is 6.30. The number of halogens is 2. The van der Waals surface area contributed by atoms with E-state index < -0.39 is 8.96 Å². The number of aliphatic hydroxyl groups excluding tert-OH is 1. The summed E-state index contributed by atoms with van der Waals surface area (Å²) in [5.41, 5.74) is 1.57. The van der Waals surface area contributed by atoms with Crippen LogP contribution in [0.1, 0.15) is 31.2 Å². The van der Waals surface area contributed by atoms with Crippen LogP contribution < -0.4 is 10.3 Å². The molecule has 1 aromatic carbocycles. The van der Waals surface area contributed by atoms with Gasteiger partial charge in [-0.15, -0.1) is 0 Å². The van der Waals surface area contributed by atoms with Crippen LogP contribution >= 0.6 is 35.0 Å². The van der Waals surface area contributed by atoms with Gasteiger partial charge in [0.1, 0.15) is 10.7 Å². The van der Waals surface area contributed by atoms with E-state index in [4.69, 9.17) is 43.3 Å². The van der Waals surface area contributed by atoms with Crippen molar-refractivity contribution in [2.24, 2.45) is 5.40 Å². The van der Waals surface area contributed by atoms with Crippen molar-refractivity contribution < 1.29 is 9.84 Å². The molecule has 0 unspecified atom stereocenters. The van der Waals surface area contributed by atoms with Gasteiger partial charge in [0.05, 0.1) is 34.7 Å². The second-order valence-corrected chi connectivity index (χ2v) is 12.5. The van der Waals surface area contributed by atoms with Crippen molar-refractivity contribution in [2.45, 2.75) is 54.0 Å². The zero-order valence-corrected chi connectivity index (χ0v) is 20.3. The van der Waals surface area contributed by atoms with E-state index in [2.05, 4.69) is 11.8 Å². The summed E-state index contributed by atoms with van der Waals surface area (Å²) in [6, 6.07) is 5.50. The molecule has 4 rings (SSSR count). The zero-order valence-electron chi connectivity index (χ0n) is 17.0. The SMILES string of the molecule is Cc1nc(N2CCC3(CC2)CO[C@@H](C)[Si]3N)c(CO)nc1Sc1cccc(Cl)c1Cl. The Morgan fingerprint density at radius 2 is 2.07 bits per heavy atom. The molecule has 0 saturated carbocycles. The Balaban J connectivity index is 1.55. The van der Waals surface area contributed by atoms with Crippen LogP contribution in [0.3, 0.4) is 0 Å². The summed E-state index contributed by atoms with van der Waals surface area (Å²) in [7, 11) is -1.03. The molecule has 2 fully saturated rings. The summed E-state index contributed by atoms with van der Waals surface area (Å²) in [5, 5.41) is 18.4. The van der Waals surface area contributed by atoms with E-state index in [0.717, 1.165) is 48.9 Å². The molecule has 0 bridgehead atoms. The van der Waals surface area contributed by atoms with Gasteiger partial charge in [0, 0.05) is 23.0 Å². The van der Waals surface area contributed by atoms with Crippen molar-refractivity contribution in [3.05, 3.63) is 39.6 Å². The predicted octanol–water partition coefficient (Wildman–Crippen LogP) is 3.98. The molecule has 1 spiro atoms. The van der Waals surface area contributed by atoms with Crippen molar-refractivity contribution in [3.63, 3.8) is 0 Å². The summed E-state index contributed by atoms with van der Waals surface area (Å²) in [5.74, 6) is 0.754. The summed E-state index contributed by atoms with van der Waals surface area (Å²) in [6.07, 6.45) is 1.98. The lowest BCUT2D eigenvalue weighted by molar-refractivity contribution is 0.117. The van der Waals surface area contributed by atoms with Gasteiger partial charge in [0.2, 0.25) is 0 Å². The van der Waals surface area contributed by atoms with Gasteiger partial charge in [-0.25, -0.2) is 9.97 Å². The summed E-state index contributed by atoms with van der Waals surface area (Å²) < 4.78 is 5.86. The van der Waals surface area contributed by atoms with Crippen LogP contribution in [0.5, 0.6) is 0 Å². The molecule has 1 atom stereocenters. The Morgan fingerprint density at radius 1 is 1.33 bits per heavy atom. The first-order chi connectivity index (χ1) is 14.3. The number of aliphatic hydroxyl groups is 1. The molecule has 2 saturated heterocycles. The minimum absolute atomic E-state index is 0.140. The van der Waals surface area contributed by atoms with E-state index in [9.17, 15) is 5.11 Å². The highest BCUT2D eigenvalue weighted by Gasteiger charge is 2.49. The number of nitrogens with zero attached hydrogens (tertiary/aromatic N) is 3. The van der Waals surface area contributed by atoms with Crippen LogP contribution in [0.4, 0.5) is 5.82 Å². The van der Waals surface area contributed by atoms with Gasteiger partial charge in [-0.3, -0.25) is 0 Å². The molecule has 161 valence electrons. The molecule has 0 aliphatic carbocycles. The number of benzene rings is 1. The highest BCUT2D eigenvalue weighted by molar-refractivity contribution is 7.99. The lowest BCUT2D eigenvalue weighted by Crippen LogP contribution is -2.50. The second kappa shape index (κ2) is 8.94. The molecule has 30 heavy (non-hydrogen) atoms. The lowest BCUT2D eigenvalue weighted by atomic mass is 9.96. The number of aryl methyl sites for hydroxylation is 1. The summed E-state index contributed by atoms with van der Waals surface area (Å²) >= 11 is 13.9. The van der Waals surface area contributed by atoms with E-state index >= 15 is 0 Å². The number of hydrogen-bond acceptors (Lipinski definition) is 7. The monoisotopic (exact) mass is 483 g/mol. The first-order valence-corrected chi connectivity index (χ1v) is 13.2. The van der Waals surface area contributed by atoms with E-state index in [1.807, 2.05) is 19.1 Å². The molecule has 1 aromatic heterocycles. The maximum absolute atomic E-state index is 9.99. The number of piperidine rings is 1. The van der Waals surface area contributed by atoms with Gasteiger partial charge in [-0.1, -0.05) is 41.0 Å². The standard InChI is InChI=1S/C20H25Cl2N4O2SSi/c1-12-19(29-16-5-3-4-14(21)17(16)22)25-15(10-27)18(24-12)26-8-6-20(7-9-26)11-28-13(2)30(20)23/h3-5,13,27H,6-11,23H2,1-2H3/t13-/m1/s1. The number of nitrogens with two attached hydrogens (primary N) is 1. The third kappa shape index (κ3) is 4.11. The molecule has 2 aromatic rings. The first kappa shape index (κ1) is 22.3. The molecule has 1 radical (unpaired) electrons. The van der Waals surface area contributed by atoms with Crippen molar-refractivity contribution >= 4 is 49.7 Å². The number of anilines is 1. The van der Waals surface area contributed by atoms with Gasteiger partial charge < -0.3 is 20.1 Å². The number of aromatic nitrogens is 2. The largest absolute Gasteiger partial charge is 0.390 e. The Kier molecular flexibility index (Phi) is 6.65. The Morgan fingerprint density at radius 3 is 2.70 bits per heavy atom. The minimum atomic E-state index is -1.03. The fourth-order valence-electron chi connectivity index (χ4n) is 4.12. The topological polar surface area (TPSA) is 84.5 Å². The van der Waals surface area contributed by atoms with E-state index in [1.54, 1.807) is 6.07 Å². The van der Waals surface area contributed by atoms with Crippen LogP contribution in [0.25, 0.3) is 0 Å². The van der Waals surface area contributed by atoms with Crippen LogP contribution in [-0.2, 0) is 11.3 Å². The Bertz CT molecular complexity index is 943. The van der Waals surface area contributed by atoms with Crippen LogP contribution in [0.2, 0.25) is 15.1 Å². The number of rotatable bonds is 4. The molecule has 2 aliphatic rings. The Hall–Kier alpha value is -0.873. The Labute approximate surface area is 192 Å². The molecule has 0 amide bonds. The average molecular weight is 485 g/mol. The van der Waals surface area contributed by atoms with Crippen LogP contribution in [0, 0.1) is 6.92 Å². The summed E-state index contributed by atoms with van der Waals surface area (Å²) in [4.78, 5) is 12.6. The molecule has 10 heteroatoms. The molecule has 3 heterocycles. The maximum atomic E-state index is 9.99. The third-order valence-electron chi connectivity index (χ3n) is 6.03. The van der Waals surface area contributed by atoms with E-state index in [-0.39, 0.29) is 17.4 Å². The fraction of sp³-hybridized carbons (Fsp3) is 0.500. The smallest absolute Gasteiger partial charge is 0.172 e. The van der Waals surface area contributed by atoms with Crippen LogP contribution in [0.15, 0.2) is 28.1 Å². The van der Waals surface area contributed by atoms with Gasteiger partial charge in [-0.2, -0.15) is 0 Å². The second-order valence-electron chi connectivity index (χ2n) is 7.87. The van der Waals surface area contributed by atoms with E-state index in [1.165, 1.54) is 11.8 Å². The van der Waals surface area contributed by atoms with Crippen molar-refractivity contribution in [3.8, 4) is 0 Å². The minimum Gasteiger partial charge on any atom is -0.390 e. The highest BCUT2D eigenvalue weighted by Crippen LogP contribution is 2.47. The van der Waals surface area contributed by atoms with Crippen molar-refractivity contribution in [2.75, 3.05) is 24.6 Å². The van der Waals surface area contributed by atoms with Gasteiger partial charge in [0.25, 0.3) is 0 Å². The number of hydrogen-bond donors (Lipinski definition) is 2. The molecule has 3 N–H and O–H groups in total. The van der Waals surface area contributed by atoms with E-state index in [0.29, 0.717) is 20.8 Å². The third-order valence-corrected chi connectivity index (χ3v) is 11.0. The van der Waals surface area contributed by atoms with Crippen LogP contribution in [-0.4, -0.2) is 49.5 Å².